The number of H-pyrrole nitrogens is 1. The van der Waals surface area contributed by atoms with Gasteiger partial charge in [-0.25, -0.2) is 0 Å². The molecule has 3 heteroatoms. The van der Waals surface area contributed by atoms with Gasteiger partial charge in [-0.2, -0.15) is 0 Å². The van der Waals surface area contributed by atoms with Gasteiger partial charge in [0.2, 0.25) is 0 Å². The van der Waals surface area contributed by atoms with Crippen LogP contribution in [0.15, 0.2) is 55.1 Å². The van der Waals surface area contributed by atoms with Crippen molar-refractivity contribution in [2.75, 3.05) is 17.7 Å². The number of para-hydroxylation sites is 1. The lowest BCUT2D eigenvalue weighted by atomic mass is 10.1. The van der Waals surface area contributed by atoms with E-state index in [1.165, 1.54) is 10.9 Å². The van der Waals surface area contributed by atoms with E-state index in [-0.39, 0.29) is 0 Å². The quantitative estimate of drug-likeness (QED) is 0.652. The van der Waals surface area contributed by atoms with Gasteiger partial charge in [-0.15, -0.1) is 0 Å². The highest BCUT2D eigenvalue weighted by molar-refractivity contribution is 5.86. The Morgan fingerprint density at radius 1 is 1.10 bits per heavy atom. The molecule has 0 saturated carbocycles. The van der Waals surface area contributed by atoms with Gasteiger partial charge in [-0.3, -0.25) is 0 Å². The maximum atomic E-state index is 4.13. The van der Waals surface area contributed by atoms with Gasteiger partial charge < -0.3 is 15.6 Å². The fourth-order valence-electron chi connectivity index (χ4n) is 2.45. The van der Waals surface area contributed by atoms with Gasteiger partial charge >= 0.3 is 0 Å². The molecule has 0 atom stereocenters. The van der Waals surface area contributed by atoms with Gasteiger partial charge in [-0.05, 0) is 36.8 Å². The van der Waals surface area contributed by atoms with Crippen LogP contribution in [0.2, 0.25) is 0 Å². The van der Waals surface area contributed by atoms with Crippen LogP contribution in [0.5, 0.6) is 0 Å². The molecule has 0 unspecified atom stereocenters. The van der Waals surface area contributed by atoms with E-state index in [1.54, 1.807) is 0 Å². The third kappa shape index (κ3) is 2.63. The smallest absolute Gasteiger partial charge is 0.0624 e. The molecule has 0 bridgehead atoms. The van der Waals surface area contributed by atoms with Gasteiger partial charge in [0.15, 0.2) is 0 Å². The molecule has 0 aliphatic rings. The summed E-state index contributed by atoms with van der Waals surface area (Å²) in [5.74, 6) is 0. The lowest BCUT2D eigenvalue weighted by Crippen LogP contribution is -1.99. The van der Waals surface area contributed by atoms with Crippen molar-refractivity contribution in [3.63, 3.8) is 0 Å². The lowest BCUT2D eigenvalue weighted by Gasteiger charge is -2.11. The van der Waals surface area contributed by atoms with Gasteiger partial charge in [0.1, 0.15) is 0 Å². The van der Waals surface area contributed by atoms with Gasteiger partial charge in [0.05, 0.1) is 11.4 Å². The summed E-state index contributed by atoms with van der Waals surface area (Å²) in [7, 11) is 1.93. The molecule has 0 amide bonds. The van der Waals surface area contributed by atoms with E-state index < -0.39 is 0 Å². The Bertz CT molecular complexity index is 766. The summed E-state index contributed by atoms with van der Waals surface area (Å²) < 4.78 is 0. The van der Waals surface area contributed by atoms with Crippen molar-refractivity contribution in [2.24, 2.45) is 0 Å². The van der Waals surface area contributed by atoms with E-state index in [9.17, 15) is 0 Å². The molecule has 3 nitrogen and oxygen atoms in total. The molecule has 106 valence electrons. The number of hydrogen-bond donors (Lipinski definition) is 3. The summed E-state index contributed by atoms with van der Waals surface area (Å²) >= 11 is 0. The van der Waals surface area contributed by atoms with E-state index in [0.717, 1.165) is 28.3 Å². The van der Waals surface area contributed by atoms with Crippen molar-refractivity contribution in [3.05, 3.63) is 66.4 Å². The Hall–Kier alpha value is -2.68. The number of hydrogen-bond acceptors (Lipinski definition) is 2. The number of fused-ring (bicyclic) bond motifs is 1. The predicted octanol–water partition coefficient (Wildman–Crippen LogP) is 4.60. The Morgan fingerprint density at radius 3 is 2.67 bits per heavy atom. The molecule has 1 aromatic heterocycles. The highest BCUT2D eigenvalue weighted by atomic mass is 14.9. The Kier molecular flexibility index (Phi) is 3.40. The van der Waals surface area contributed by atoms with Crippen molar-refractivity contribution in [1.82, 2.24) is 4.98 Å². The summed E-state index contributed by atoms with van der Waals surface area (Å²) in [6.07, 6.45) is 0. The van der Waals surface area contributed by atoms with Gasteiger partial charge in [0.25, 0.3) is 0 Å². The fraction of sp³-hybridized carbons (Fsp3) is 0.111. The SMILES string of the molecule is C=C(Nc1ccc(C)c(NC)c1)c1cc2ccccc2[nH]1. The second kappa shape index (κ2) is 5.37. The van der Waals surface area contributed by atoms with E-state index >= 15 is 0 Å². The van der Waals surface area contributed by atoms with Crippen LogP contribution in [0.25, 0.3) is 16.6 Å². The molecule has 3 aromatic rings. The van der Waals surface area contributed by atoms with Crippen LogP contribution in [-0.4, -0.2) is 12.0 Å². The predicted molar refractivity (Wildman–Crippen MR) is 91.7 cm³/mol. The standard InChI is InChI=1S/C18H19N3/c1-12-8-9-15(11-17(12)19-3)20-13(2)18-10-14-6-4-5-7-16(14)21-18/h4-11,19-21H,2H2,1,3H3. The average molecular weight is 277 g/mol. The maximum Gasteiger partial charge on any atom is 0.0624 e. The van der Waals surface area contributed by atoms with E-state index in [4.69, 9.17) is 0 Å². The molecule has 0 saturated heterocycles. The summed E-state index contributed by atoms with van der Waals surface area (Å²) in [6, 6.07) is 16.6. The Morgan fingerprint density at radius 2 is 1.90 bits per heavy atom. The minimum Gasteiger partial charge on any atom is -0.388 e. The van der Waals surface area contributed by atoms with E-state index in [1.807, 2.05) is 19.2 Å². The van der Waals surface area contributed by atoms with Crippen molar-refractivity contribution in [1.29, 1.82) is 0 Å². The number of aryl methyl sites for hydroxylation is 1. The monoisotopic (exact) mass is 277 g/mol. The molecule has 3 rings (SSSR count). The zero-order valence-electron chi connectivity index (χ0n) is 12.3. The van der Waals surface area contributed by atoms with Gasteiger partial charge in [-0.1, -0.05) is 30.8 Å². The largest absolute Gasteiger partial charge is 0.388 e. The Balaban J connectivity index is 1.85. The van der Waals surface area contributed by atoms with Crippen LogP contribution in [0.3, 0.4) is 0 Å². The second-order valence-electron chi connectivity index (χ2n) is 5.15. The molecule has 0 radical (unpaired) electrons. The number of aromatic amines is 1. The first-order chi connectivity index (χ1) is 10.2. The zero-order valence-corrected chi connectivity index (χ0v) is 12.3. The first-order valence-electron chi connectivity index (χ1n) is 7.00. The number of rotatable bonds is 4. The molecule has 0 aliphatic heterocycles. The fourth-order valence-corrected chi connectivity index (χ4v) is 2.45. The molecule has 3 N–H and O–H groups in total. The number of anilines is 2. The van der Waals surface area contributed by atoms with Crippen molar-refractivity contribution in [3.8, 4) is 0 Å². The first kappa shape index (κ1) is 13.3. The normalized spacial score (nSPS) is 10.6. The average Bonchev–Trinajstić information content (AvgIpc) is 2.93. The third-order valence-corrected chi connectivity index (χ3v) is 3.66. The molecule has 0 aliphatic carbocycles. The second-order valence-corrected chi connectivity index (χ2v) is 5.15. The van der Waals surface area contributed by atoms with Crippen LogP contribution in [0.4, 0.5) is 11.4 Å². The van der Waals surface area contributed by atoms with Crippen molar-refractivity contribution < 1.29 is 0 Å². The van der Waals surface area contributed by atoms with Crippen LogP contribution >= 0.6 is 0 Å². The number of nitrogens with one attached hydrogen (secondary N) is 3. The molecule has 1 heterocycles. The third-order valence-electron chi connectivity index (χ3n) is 3.66. The first-order valence-corrected chi connectivity index (χ1v) is 7.00. The maximum absolute atomic E-state index is 4.13. The lowest BCUT2D eigenvalue weighted by molar-refractivity contribution is 1.37. The van der Waals surface area contributed by atoms with E-state index in [2.05, 4.69) is 65.5 Å². The molecule has 21 heavy (non-hydrogen) atoms. The minimum atomic E-state index is 0.858. The molecular formula is C18H19N3. The van der Waals surface area contributed by atoms with Crippen LogP contribution in [0.1, 0.15) is 11.3 Å². The molecule has 2 aromatic carbocycles. The Labute approximate surface area is 124 Å². The molecule has 0 fully saturated rings. The number of aromatic nitrogens is 1. The van der Waals surface area contributed by atoms with Crippen LogP contribution < -0.4 is 10.6 Å². The van der Waals surface area contributed by atoms with Crippen LogP contribution in [-0.2, 0) is 0 Å². The summed E-state index contributed by atoms with van der Waals surface area (Å²) in [5.41, 5.74) is 6.34. The topological polar surface area (TPSA) is 39.8 Å². The summed E-state index contributed by atoms with van der Waals surface area (Å²) in [4.78, 5) is 3.38. The highest BCUT2D eigenvalue weighted by Gasteiger charge is 2.05. The molecule has 0 spiro atoms. The van der Waals surface area contributed by atoms with Crippen LogP contribution in [0, 0.1) is 6.92 Å². The summed E-state index contributed by atoms with van der Waals surface area (Å²) in [6.45, 7) is 6.22. The van der Waals surface area contributed by atoms with Crippen molar-refractivity contribution >= 4 is 28.0 Å². The highest BCUT2D eigenvalue weighted by Crippen LogP contribution is 2.24. The van der Waals surface area contributed by atoms with Crippen molar-refractivity contribution in [2.45, 2.75) is 6.92 Å². The van der Waals surface area contributed by atoms with E-state index in [0.29, 0.717) is 0 Å². The zero-order chi connectivity index (χ0) is 14.8. The number of benzene rings is 2. The minimum absolute atomic E-state index is 0.858. The molecular weight excluding hydrogens is 258 g/mol. The van der Waals surface area contributed by atoms with Gasteiger partial charge in [0, 0.05) is 29.3 Å². The summed E-state index contributed by atoms with van der Waals surface area (Å²) in [5, 5.41) is 7.74.